The van der Waals surface area contributed by atoms with Crippen molar-refractivity contribution in [2.75, 3.05) is 37.8 Å². The van der Waals surface area contributed by atoms with E-state index in [0.29, 0.717) is 0 Å². The summed E-state index contributed by atoms with van der Waals surface area (Å²) >= 11 is 1.98. The predicted octanol–water partition coefficient (Wildman–Crippen LogP) is 3.85. The van der Waals surface area contributed by atoms with Crippen molar-refractivity contribution in [3.8, 4) is 0 Å². The van der Waals surface area contributed by atoms with Crippen molar-refractivity contribution in [2.24, 2.45) is 0 Å². The van der Waals surface area contributed by atoms with Crippen LogP contribution in [0.3, 0.4) is 0 Å². The van der Waals surface area contributed by atoms with Crippen LogP contribution in [0.4, 0.5) is 5.82 Å². The molecule has 2 aromatic rings. The van der Waals surface area contributed by atoms with Crippen LogP contribution in [-0.2, 0) is 5.75 Å². The molecule has 0 saturated carbocycles. The van der Waals surface area contributed by atoms with Crippen molar-refractivity contribution in [1.29, 1.82) is 0 Å². The first-order chi connectivity index (χ1) is 10.3. The molecule has 1 aromatic heterocycles. The predicted molar refractivity (Wildman–Crippen MR) is 95.2 cm³/mol. The number of para-hydroxylation sites is 1. The summed E-state index contributed by atoms with van der Waals surface area (Å²) in [5.41, 5.74) is 2.35. The molecule has 0 bridgehead atoms. The summed E-state index contributed by atoms with van der Waals surface area (Å²) in [4.78, 5) is 7.17. The monoisotopic (exact) mass is 303 g/mol. The van der Waals surface area contributed by atoms with Crippen LogP contribution in [0.2, 0.25) is 0 Å². The second-order valence-corrected chi connectivity index (χ2v) is 6.12. The van der Waals surface area contributed by atoms with Crippen molar-refractivity contribution in [3.05, 3.63) is 35.9 Å². The third-order valence-electron chi connectivity index (χ3n) is 3.74. The van der Waals surface area contributed by atoms with Gasteiger partial charge in [0.1, 0.15) is 5.82 Å². The van der Waals surface area contributed by atoms with Crippen molar-refractivity contribution < 1.29 is 0 Å². The molecule has 0 aliphatic rings. The average Bonchev–Trinajstić information content (AvgIpc) is 2.54. The zero-order valence-electron chi connectivity index (χ0n) is 13.2. The maximum atomic E-state index is 4.70. The van der Waals surface area contributed by atoms with Crippen LogP contribution in [0.1, 0.15) is 19.4 Å². The summed E-state index contributed by atoms with van der Waals surface area (Å²) in [7, 11) is 1.95. The highest BCUT2D eigenvalue weighted by Crippen LogP contribution is 2.24. The quantitative estimate of drug-likeness (QED) is 0.750. The van der Waals surface area contributed by atoms with Crippen molar-refractivity contribution in [1.82, 2.24) is 9.88 Å². The van der Waals surface area contributed by atoms with Gasteiger partial charge in [0.05, 0.1) is 5.52 Å². The fraction of sp³-hybridized carbons (Fsp3) is 0.471. The standard InChI is InChI=1S/C17H25N3S/c1-4-20(5-2)10-11-21-13-15-12-14-8-6-7-9-16(14)19-17(15)18-3/h6-9,12H,4-5,10-11,13H2,1-3H3,(H,18,19). The molecule has 0 amide bonds. The van der Waals surface area contributed by atoms with E-state index in [1.807, 2.05) is 24.9 Å². The fourth-order valence-corrected chi connectivity index (χ4v) is 3.37. The number of nitrogens with one attached hydrogen (secondary N) is 1. The second kappa shape index (κ2) is 8.25. The number of anilines is 1. The minimum Gasteiger partial charge on any atom is -0.373 e. The van der Waals surface area contributed by atoms with Gasteiger partial charge in [0.25, 0.3) is 0 Å². The highest BCUT2D eigenvalue weighted by Gasteiger charge is 2.06. The summed E-state index contributed by atoms with van der Waals surface area (Å²) in [5, 5.41) is 4.44. The van der Waals surface area contributed by atoms with Gasteiger partial charge in [-0.25, -0.2) is 4.98 Å². The maximum Gasteiger partial charge on any atom is 0.130 e. The van der Waals surface area contributed by atoms with E-state index in [4.69, 9.17) is 4.98 Å². The maximum absolute atomic E-state index is 4.70. The number of aromatic nitrogens is 1. The Kier molecular flexibility index (Phi) is 6.33. The van der Waals surface area contributed by atoms with Crippen LogP contribution in [-0.4, -0.2) is 42.3 Å². The van der Waals surface area contributed by atoms with Gasteiger partial charge in [0.15, 0.2) is 0 Å². The Balaban J connectivity index is 2.00. The fourth-order valence-electron chi connectivity index (χ4n) is 2.40. The number of pyridine rings is 1. The van der Waals surface area contributed by atoms with Gasteiger partial charge in [-0.05, 0) is 25.2 Å². The van der Waals surface area contributed by atoms with Gasteiger partial charge in [-0.1, -0.05) is 32.0 Å². The van der Waals surface area contributed by atoms with Gasteiger partial charge >= 0.3 is 0 Å². The molecule has 0 aliphatic carbocycles. The molecule has 3 nitrogen and oxygen atoms in total. The lowest BCUT2D eigenvalue weighted by Crippen LogP contribution is -2.25. The van der Waals surface area contributed by atoms with Gasteiger partial charge in [-0.3, -0.25) is 0 Å². The summed E-state index contributed by atoms with van der Waals surface area (Å²) in [5.74, 6) is 3.18. The molecule has 0 spiro atoms. The molecule has 0 aliphatic heterocycles. The van der Waals surface area contributed by atoms with Gasteiger partial charge in [0, 0.05) is 36.0 Å². The van der Waals surface area contributed by atoms with E-state index in [0.717, 1.165) is 42.5 Å². The molecule has 1 heterocycles. The number of fused-ring (bicyclic) bond motifs is 1. The summed E-state index contributed by atoms with van der Waals surface area (Å²) in [6.45, 7) is 7.88. The smallest absolute Gasteiger partial charge is 0.130 e. The Labute approximate surface area is 132 Å². The lowest BCUT2D eigenvalue weighted by atomic mass is 10.1. The minimum atomic E-state index is 1.00. The first-order valence-electron chi connectivity index (χ1n) is 7.65. The average molecular weight is 303 g/mol. The summed E-state index contributed by atoms with van der Waals surface area (Å²) < 4.78 is 0. The van der Waals surface area contributed by atoms with Gasteiger partial charge < -0.3 is 10.2 Å². The highest BCUT2D eigenvalue weighted by molar-refractivity contribution is 7.98. The molecule has 2 rings (SSSR count). The number of thioether (sulfide) groups is 1. The second-order valence-electron chi connectivity index (χ2n) is 5.02. The molecule has 0 fully saturated rings. The molecular formula is C17H25N3S. The van der Waals surface area contributed by atoms with Crippen LogP contribution in [0.5, 0.6) is 0 Å². The summed E-state index contributed by atoms with van der Waals surface area (Å²) in [6.07, 6.45) is 0. The van der Waals surface area contributed by atoms with Gasteiger partial charge in [-0.2, -0.15) is 11.8 Å². The molecule has 0 saturated heterocycles. The summed E-state index contributed by atoms with van der Waals surface area (Å²) in [6, 6.07) is 10.6. The Morgan fingerprint density at radius 2 is 1.95 bits per heavy atom. The van der Waals surface area contributed by atoms with Crippen molar-refractivity contribution >= 4 is 28.5 Å². The number of hydrogen-bond acceptors (Lipinski definition) is 4. The Morgan fingerprint density at radius 1 is 1.19 bits per heavy atom. The van der Waals surface area contributed by atoms with Crippen LogP contribution >= 0.6 is 11.8 Å². The zero-order chi connectivity index (χ0) is 15.1. The lowest BCUT2D eigenvalue weighted by molar-refractivity contribution is 0.324. The number of benzene rings is 1. The SMILES string of the molecule is CCN(CC)CCSCc1cc2ccccc2nc1NC. The van der Waals surface area contributed by atoms with E-state index < -0.39 is 0 Å². The van der Waals surface area contributed by atoms with Gasteiger partial charge in [0.2, 0.25) is 0 Å². The molecule has 114 valence electrons. The Bertz CT molecular complexity index is 567. The molecule has 1 aromatic carbocycles. The number of nitrogens with zero attached hydrogens (tertiary/aromatic N) is 2. The molecule has 0 atom stereocenters. The largest absolute Gasteiger partial charge is 0.373 e. The Hall–Kier alpha value is -1.26. The third-order valence-corrected chi connectivity index (χ3v) is 4.73. The topological polar surface area (TPSA) is 28.2 Å². The van der Waals surface area contributed by atoms with Crippen molar-refractivity contribution in [3.63, 3.8) is 0 Å². The first kappa shape index (κ1) is 16.1. The number of hydrogen-bond donors (Lipinski definition) is 1. The van der Waals surface area contributed by atoms with Gasteiger partial charge in [-0.15, -0.1) is 0 Å². The van der Waals surface area contributed by atoms with Crippen LogP contribution in [0.15, 0.2) is 30.3 Å². The van der Waals surface area contributed by atoms with Crippen LogP contribution in [0, 0.1) is 0 Å². The van der Waals surface area contributed by atoms with E-state index in [1.165, 1.54) is 10.9 Å². The van der Waals surface area contributed by atoms with E-state index >= 15 is 0 Å². The Morgan fingerprint density at radius 3 is 2.67 bits per heavy atom. The molecule has 0 radical (unpaired) electrons. The molecule has 21 heavy (non-hydrogen) atoms. The van der Waals surface area contributed by atoms with E-state index in [1.54, 1.807) is 0 Å². The van der Waals surface area contributed by atoms with E-state index in [-0.39, 0.29) is 0 Å². The van der Waals surface area contributed by atoms with Crippen LogP contribution < -0.4 is 5.32 Å². The molecule has 1 N–H and O–H groups in total. The lowest BCUT2D eigenvalue weighted by Gasteiger charge is -2.17. The molecule has 0 unspecified atom stereocenters. The highest BCUT2D eigenvalue weighted by atomic mass is 32.2. The van der Waals surface area contributed by atoms with Crippen LogP contribution in [0.25, 0.3) is 10.9 Å². The molecular weight excluding hydrogens is 278 g/mol. The van der Waals surface area contributed by atoms with E-state index in [2.05, 4.69) is 48.3 Å². The zero-order valence-corrected chi connectivity index (χ0v) is 14.0. The van der Waals surface area contributed by atoms with Crippen molar-refractivity contribution in [2.45, 2.75) is 19.6 Å². The van der Waals surface area contributed by atoms with E-state index in [9.17, 15) is 0 Å². The first-order valence-corrected chi connectivity index (χ1v) is 8.80. The third kappa shape index (κ3) is 4.35. The normalized spacial score (nSPS) is 11.2. The minimum absolute atomic E-state index is 1.00. The number of rotatable bonds is 8. The molecule has 4 heteroatoms.